The molecule has 0 heterocycles. The largest absolute Gasteiger partial charge is 0.340 e. The zero-order valence-corrected chi connectivity index (χ0v) is 11.6. The van der Waals surface area contributed by atoms with Crippen LogP contribution in [0.5, 0.6) is 0 Å². The second-order valence-corrected chi connectivity index (χ2v) is 4.92. The summed E-state index contributed by atoms with van der Waals surface area (Å²) in [7, 11) is 3.34. The van der Waals surface area contributed by atoms with Crippen molar-refractivity contribution in [2.75, 3.05) is 14.1 Å². The van der Waals surface area contributed by atoms with Gasteiger partial charge >= 0.3 is 0 Å². The molecule has 0 aliphatic rings. The summed E-state index contributed by atoms with van der Waals surface area (Å²) in [5, 5.41) is 13.8. The van der Waals surface area contributed by atoms with E-state index in [1.165, 1.54) is 11.0 Å². The predicted octanol–water partition coefficient (Wildman–Crippen LogP) is 1.55. The number of benzene rings is 1. The molecule has 0 saturated heterocycles. The molecule has 0 aliphatic carbocycles. The monoisotopic (exact) mass is 265 g/mol. The quantitative estimate of drug-likeness (QED) is 0.647. The smallest absolute Gasteiger partial charge is 0.274 e. The second-order valence-electron chi connectivity index (χ2n) is 4.92. The van der Waals surface area contributed by atoms with E-state index in [9.17, 15) is 14.9 Å². The first kappa shape index (κ1) is 15.1. The van der Waals surface area contributed by atoms with Crippen molar-refractivity contribution in [2.45, 2.75) is 25.9 Å². The van der Waals surface area contributed by atoms with Crippen LogP contribution in [0.2, 0.25) is 0 Å². The maximum absolute atomic E-state index is 12.2. The van der Waals surface area contributed by atoms with E-state index in [0.717, 1.165) is 0 Å². The van der Waals surface area contributed by atoms with E-state index >= 15 is 0 Å². The van der Waals surface area contributed by atoms with Gasteiger partial charge in [0.25, 0.3) is 5.69 Å². The first-order valence-electron chi connectivity index (χ1n) is 5.96. The van der Waals surface area contributed by atoms with Crippen LogP contribution in [0.25, 0.3) is 0 Å². The van der Waals surface area contributed by atoms with Crippen LogP contribution in [0.4, 0.5) is 5.69 Å². The average Bonchev–Trinajstić information content (AvgIpc) is 2.38. The molecule has 1 rings (SSSR count). The highest BCUT2D eigenvalue weighted by Gasteiger charge is 2.29. The van der Waals surface area contributed by atoms with Crippen LogP contribution < -0.4 is 5.32 Å². The first-order valence-corrected chi connectivity index (χ1v) is 5.96. The van der Waals surface area contributed by atoms with Gasteiger partial charge in [0.1, 0.15) is 0 Å². The molecule has 0 radical (unpaired) electrons. The van der Waals surface area contributed by atoms with Crippen LogP contribution in [-0.4, -0.2) is 35.4 Å². The summed E-state index contributed by atoms with van der Waals surface area (Å²) < 4.78 is 0. The highest BCUT2D eigenvalue weighted by atomic mass is 16.6. The molecule has 0 unspecified atom stereocenters. The Morgan fingerprint density at radius 1 is 1.42 bits per heavy atom. The van der Waals surface area contributed by atoms with Crippen molar-refractivity contribution in [3.63, 3.8) is 0 Å². The van der Waals surface area contributed by atoms with Crippen LogP contribution >= 0.6 is 0 Å². The van der Waals surface area contributed by atoms with Gasteiger partial charge < -0.3 is 10.2 Å². The average molecular weight is 265 g/mol. The van der Waals surface area contributed by atoms with Gasteiger partial charge in [-0.3, -0.25) is 14.9 Å². The lowest BCUT2D eigenvalue weighted by molar-refractivity contribution is -0.385. The molecular weight excluding hydrogens is 246 g/mol. The molecule has 1 aromatic rings. The summed E-state index contributed by atoms with van der Waals surface area (Å²) in [4.78, 5) is 24.1. The SMILES string of the molecule is CNC(C)(C)C(=O)N(C)Cc1ccccc1[N+](=O)[O-]. The number of nitrogens with zero attached hydrogens (tertiary/aromatic N) is 2. The fraction of sp³-hybridized carbons (Fsp3) is 0.462. The van der Waals surface area contributed by atoms with Gasteiger partial charge in [-0.15, -0.1) is 0 Å². The molecule has 0 aromatic heterocycles. The standard InChI is InChI=1S/C13H19N3O3/c1-13(2,14-3)12(17)15(4)9-10-7-5-6-8-11(10)16(18)19/h5-8,14H,9H2,1-4H3. The third-order valence-electron chi connectivity index (χ3n) is 3.10. The topological polar surface area (TPSA) is 75.5 Å². The number of carbonyl (C=O) groups is 1. The van der Waals surface area contributed by atoms with E-state index in [2.05, 4.69) is 5.32 Å². The van der Waals surface area contributed by atoms with Crippen molar-refractivity contribution in [2.24, 2.45) is 0 Å². The molecule has 0 saturated carbocycles. The molecule has 0 atom stereocenters. The fourth-order valence-corrected chi connectivity index (χ4v) is 1.73. The maximum atomic E-state index is 12.2. The van der Waals surface area contributed by atoms with Gasteiger partial charge in [-0.1, -0.05) is 18.2 Å². The summed E-state index contributed by atoms with van der Waals surface area (Å²) >= 11 is 0. The van der Waals surface area contributed by atoms with Crippen LogP contribution in [0, 0.1) is 10.1 Å². The Kier molecular flexibility index (Phi) is 4.61. The van der Waals surface area contributed by atoms with Gasteiger partial charge in [0.2, 0.25) is 5.91 Å². The van der Waals surface area contributed by atoms with Crippen molar-refractivity contribution in [1.82, 2.24) is 10.2 Å². The lowest BCUT2D eigenvalue weighted by Gasteiger charge is -2.28. The third-order valence-corrected chi connectivity index (χ3v) is 3.10. The number of hydrogen-bond donors (Lipinski definition) is 1. The number of rotatable bonds is 5. The number of nitro groups is 1. The van der Waals surface area contributed by atoms with Gasteiger partial charge in [-0.05, 0) is 20.9 Å². The van der Waals surface area contributed by atoms with Crippen LogP contribution in [0.1, 0.15) is 19.4 Å². The maximum Gasteiger partial charge on any atom is 0.274 e. The lowest BCUT2D eigenvalue weighted by Crippen LogP contribution is -2.51. The molecule has 0 bridgehead atoms. The molecular formula is C13H19N3O3. The molecule has 6 heteroatoms. The fourth-order valence-electron chi connectivity index (χ4n) is 1.73. The Morgan fingerprint density at radius 2 is 2.00 bits per heavy atom. The number of para-hydroxylation sites is 1. The van der Waals surface area contributed by atoms with Crippen molar-refractivity contribution in [3.05, 3.63) is 39.9 Å². The minimum atomic E-state index is -0.696. The predicted molar refractivity (Wildman–Crippen MR) is 72.7 cm³/mol. The van der Waals surface area contributed by atoms with Gasteiger partial charge in [0.15, 0.2) is 0 Å². The summed E-state index contributed by atoms with van der Waals surface area (Å²) in [6.45, 7) is 3.75. The van der Waals surface area contributed by atoms with E-state index < -0.39 is 10.5 Å². The minimum absolute atomic E-state index is 0.0319. The van der Waals surface area contributed by atoms with E-state index in [0.29, 0.717) is 5.56 Å². The molecule has 1 aromatic carbocycles. The highest BCUT2D eigenvalue weighted by Crippen LogP contribution is 2.20. The Balaban J connectivity index is 2.92. The summed E-state index contributed by atoms with van der Waals surface area (Å²) in [5.41, 5.74) is -0.141. The van der Waals surface area contributed by atoms with Crippen LogP contribution in [0.3, 0.4) is 0 Å². The number of amides is 1. The third kappa shape index (κ3) is 3.51. The van der Waals surface area contributed by atoms with Gasteiger partial charge in [0.05, 0.1) is 17.0 Å². The second kappa shape index (κ2) is 5.79. The number of likely N-dealkylation sites (N-methyl/N-ethyl adjacent to an activating group) is 2. The summed E-state index contributed by atoms with van der Waals surface area (Å²) in [5.74, 6) is -0.117. The number of hydrogen-bond acceptors (Lipinski definition) is 4. The first-order chi connectivity index (χ1) is 8.79. The normalized spacial score (nSPS) is 11.2. The Bertz CT molecular complexity index is 486. The van der Waals surface area contributed by atoms with Crippen molar-refractivity contribution >= 4 is 11.6 Å². The van der Waals surface area contributed by atoms with Crippen molar-refractivity contribution in [3.8, 4) is 0 Å². The van der Waals surface area contributed by atoms with Crippen molar-refractivity contribution in [1.29, 1.82) is 0 Å². The highest BCUT2D eigenvalue weighted by molar-refractivity contribution is 5.85. The van der Waals surface area contributed by atoms with E-state index in [4.69, 9.17) is 0 Å². The van der Waals surface area contributed by atoms with Gasteiger partial charge in [-0.2, -0.15) is 0 Å². The summed E-state index contributed by atoms with van der Waals surface area (Å²) in [6.07, 6.45) is 0. The Morgan fingerprint density at radius 3 is 2.53 bits per heavy atom. The molecule has 6 nitrogen and oxygen atoms in total. The molecule has 0 aliphatic heterocycles. The van der Waals surface area contributed by atoms with Crippen LogP contribution in [-0.2, 0) is 11.3 Å². The number of carbonyl (C=O) groups excluding carboxylic acids is 1. The number of nitrogens with one attached hydrogen (secondary N) is 1. The molecule has 0 fully saturated rings. The Labute approximate surface area is 112 Å². The Hall–Kier alpha value is -1.95. The van der Waals surface area contributed by atoms with Gasteiger partial charge in [0, 0.05) is 18.7 Å². The zero-order chi connectivity index (χ0) is 14.6. The van der Waals surface area contributed by atoms with E-state index in [1.807, 2.05) is 0 Å². The summed E-state index contributed by atoms with van der Waals surface area (Å²) in [6, 6.07) is 6.44. The lowest BCUT2D eigenvalue weighted by atomic mass is 10.0. The van der Waals surface area contributed by atoms with Gasteiger partial charge in [-0.25, -0.2) is 0 Å². The van der Waals surface area contributed by atoms with Crippen LogP contribution in [0.15, 0.2) is 24.3 Å². The minimum Gasteiger partial charge on any atom is -0.340 e. The number of nitro benzene ring substituents is 1. The molecule has 1 N–H and O–H groups in total. The molecule has 104 valence electrons. The van der Waals surface area contributed by atoms with E-state index in [-0.39, 0.29) is 18.1 Å². The molecule has 19 heavy (non-hydrogen) atoms. The van der Waals surface area contributed by atoms with Crippen molar-refractivity contribution < 1.29 is 9.72 Å². The molecule has 0 spiro atoms. The van der Waals surface area contributed by atoms with E-state index in [1.54, 1.807) is 46.1 Å². The zero-order valence-electron chi connectivity index (χ0n) is 11.6. The molecule has 1 amide bonds.